The smallest absolute Gasteiger partial charge is 0.213 e. The van der Waals surface area contributed by atoms with Crippen LogP contribution in [-0.2, 0) is 15.4 Å². The molecule has 0 aliphatic heterocycles. The van der Waals surface area contributed by atoms with Crippen LogP contribution in [0.5, 0.6) is 5.75 Å². The minimum absolute atomic E-state index is 0.146. The Balaban J connectivity index is 2.24. The summed E-state index contributed by atoms with van der Waals surface area (Å²) in [6, 6.07) is 2.14. The van der Waals surface area contributed by atoms with Crippen molar-refractivity contribution in [3.05, 3.63) is 28.7 Å². The first-order valence-electron chi connectivity index (χ1n) is 8.67. The number of halogens is 1. The summed E-state index contributed by atoms with van der Waals surface area (Å²) < 4.78 is 41.2. The molecule has 158 valence electrons. The van der Waals surface area contributed by atoms with Gasteiger partial charge in [0, 0.05) is 5.56 Å². The first-order chi connectivity index (χ1) is 13.1. The number of nitrogens with zero attached hydrogens (tertiary/aromatic N) is 3. The van der Waals surface area contributed by atoms with Crippen LogP contribution in [0.1, 0.15) is 38.4 Å². The maximum absolute atomic E-state index is 14.5. The zero-order chi connectivity index (χ0) is 21.9. The highest BCUT2D eigenvalue weighted by Crippen LogP contribution is 2.36. The molecule has 0 atom stereocenters. The summed E-state index contributed by atoms with van der Waals surface area (Å²) in [6.07, 6.45) is 0. The number of imidazole rings is 1. The van der Waals surface area contributed by atoms with Crippen molar-refractivity contribution in [2.45, 2.75) is 50.7 Å². The average molecular weight is 444 g/mol. The zero-order valence-corrected chi connectivity index (χ0v) is 18.2. The van der Waals surface area contributed by atoms with Crippen molar-refractivity contribution >= 4 is 26.1 Å². The number of phenolic OH excluding ortho intramolecular Hbond substituents is 1. The molecule has 3 aromatic rings. The fourth-order valence-electron chi connectivity index (χ4n) is 2.92. The van der Waals surface area contributed by atoms with E-state index in [9.17, 15) is 28.1 Å². The molecule has 0 saturated heterocycles. The fourth-order valence-corrected chi connectivity index (χ4v) is 5.65. The molecule has 11 heteroatoms. The van der Waals surface area contributed by atoms with Crippen molar-refractivity contribution in [3.63, 3.8) is 0 Å². The van der Waals surface area contributed by atoms with Crippen molar-refractivity contribution in [2.24, 2.45) is 0 Å². The molecule has 1 aromatic carbocycles. The molecule has 0 bridgehead atoms. The van der Waals surface area contributed by atoms with E-state index in [1.807, 2.05) is 0 Å². The van der Waals surface area contributed by atoms with Crippen molar-refractivity contribution < 1.29 is 28.1 Å². The van der Waals surface area contributed by atoms with Gasteiger partial charge >= 0.3 is 0 Å². The number of aromatic nitrogens is 3. The molecule has 0 fully saturated rings. The number of aromatic hydroxyl groups is 1. The van der Waals surface area contributed by atoms with Crippen molar-refractivity contribution in [1.82, 2.24) is 14.6 Å². The van der Waals surface area contributed by atoms with E-state index in [1.54, 1.807) is 20.8 Å². The number of benzene rings is 1. The molecule has 2 aromatic heterocycles. The van der Waals surface area contributed by atoms with E-state index >= 15 is 0 Å². The Bertz CT molecular complexity index is 1200. The van der Waals surface area contributed by atoms with Gasteiger partial charge < -0.3 is 15.3 Å². The van der Waals surface area contributed by atoms with Gasteiger partial charge in [-0.15, -0.1) is 0 Å². The monoisotopic (exact) mass is 443 g/mol. The number of hydrogen-bond donors (Lipinski definition) is 3. The van der Waals surface area contributed by atoms with E-state index in [0.29, 0.717) is 21.4 Å². The summed E-state index contributed by atoms with van der Waals surface area (Å²) in [5.74, 6) is -2.83. The number of sulfone groups is 1. The third-order valence-electron chi connectivity index (χ3n) is 4.08. The Hall–Kier alpha value is -2.08. The van der Waals surface area contributed by atoms with E-state index in [4.69, 9.17) is 0 Å². The number of phenols is 1. The second-order valence-electron chi connectivity index (χ2n) is 8.08. The maximum Gasteiger partial charge on any atom is 0.213 e. The Morgan fingerprint density at radius 3 is 2.38 bits per heavy atom. The van der Waals surface area contributed by atoms with E-state index in [0.717, 1.165) is 23.5 Å². The average Bonchev–Trinajstić information content (AvgIpc) is 3.03. The lowest BCUT2D eigenvalue weighted by atomic mass is 10.1. The molecule has 0 aliphatic rings. The second kappa shape index (κ2) is 6.73. The third-order valence-corrected chi connectivity index (χ3v) is 7.37. The normalized spacial score (nSPS) is 13.4. The topological polar surface area (TPSA) is 125 Å². The highest BCUT2D eigenvalue weighted by molar-refractivity contribution is 7.91. The SMILES string of the molecule is Cc1nc2sc(C(C)(C)O)nn2c1-c1cc(F)c(O)c(S(=O)(=O)CC(C)(C)O)c1. The van der Waals surface area contributed by atoms with Crippen LogP contribution in [0, 0.1) is 12.7 Å². The van der Waals surface area contributed by atoms with Crippen molar-refractivity contribution in [2.75, 3.05) is 5.75 Å². The summed E-state index contributed by atoms with van der Waals surface area (Å²) >= 11 is 1.16. The molecule has 29 heavy (non-hydrogen) atoms. The van der Waals surface area contributed by atoms with Gasteiger partial charge in [0.15, 0.2) is 21.4 Å². The van der Waals surface area contributed by atoms with Gasteiger partial charge in [-0.3, -0.25) is 0 Å². The lowest BCUT2D eigenvalue weighted by molar-refractivity contribution is 0.0773. The molecule has 0 aliphatic carbocycles. The summed E-state index contributed by atoms with van der Waals surface area (Å²) in [5, 5.41) is 34.8. The van der Waals surface area contributed by atoms with Gasteiger partial charge in [-0.05, 0) is 46.8 Å². The number of aryl methyl sites for hydroxylation is 1. The Morgan fingerprint density at radius 1 is 1.21 bits per heavy atom. The quantitative estimate of drug-likeness (QED) is 0.553. The number of fused-ring (bicyclic) bond motifs is 1. The minimum Gasteiger partial charge on any atom is -0.504 e. The van der Waals surface area contributed by atoms with Crippen LogP contribution < -0.4 is 0 Å². The molecule has 0 radical (unpaired) electrons. The first-order valence-corrected chi connectivity index (χ1v) is 11.1. The number of hydrogen-bond acceptors (Lipinski definition) is 8. The molecular formula is C18H22FN3O5S2. The van der Waals surface area contributed by atoms with Crippen LogP contribution in [0.25, 0.3) is 16.2 Å². The Morgan fingerprint density at radius 2 is 1.83 bits per heavy atom. The van der Waals surface area contributed by atoms with Crippen LogP contribution in [0.3, 0.4) is 0 Å². The third kappa shape index (κ3) is 4.13. The molecule has 8 nitrogen and oxygen atoms in total. The predicted octanol–water partition coefficient (Wildman–Crippen LogP) is 2.38. The molecule has 0 amide bonds. The standard InChI is InChI=1S/C18H22FN3O5S2/c1-9-13(22-16(20-9)28-15(21-22)18(4,5)25)10-6-11(19)14(23)12(7-10)29(26,27)8-17(2,3)24/h6-7,23-25H,8H2,1-5H3. The Kier molecular flexibility index (Phi) is 5.02. The summed E-state index contributed by atoms with van der Waals surface area (Å²) in [5.41, 5.74) is -1.83. The summed E-state index contributed by atoms with van der Waals surface area (Å²) in [6.45, 7) is 7.41. The van der Waals surface area contributed by atoms with E-state index < -0.39 is 43.3 Å². The van der Waals surface area contributed by atoms with Gasteiger partial charge in [-0.1, -0.05) is 11.3 Å². The van der Waals surface area contributed by atoms with Gasteiger partial charge in [0.1, 0.15) is 15.5 Å². The zero-order valence-electron chi connectivity index (χ0n) is 16.6. The van der Waals surface area contributed by atoms with Crippen LogP contribution in [-0.4, -0.2) is 49.7 Å². The molecule has 0 spiro atoms. The van der Waals surface area contributed by atoms with Gasteiger partial charge in [0.05, 0.1) is 22.7 Å². The lowest BCUT2D eigenvalue weighted by Crippen LogP contribution is -2.30. The largest absolute Gasteiger partial charge is 0.504 e. The first kappa shape index (κ1) is 21.6. The van der Waals surface area contributed by atoms with Crippen LogP contribution in [0.15, 0.2) is 17.0 Å². The molecular weight excluding hydrogens is 421 g/mol. The lowest BCUT2D eigenvalue weighted by Gasteiger charge is -2.18. The molecule has 2 heterocycles. The summed E-state index contributed by atoms with van der Waals surface area (Å²) in [4.78, 5) is 4.19. The van der Waals surface area contributed by atoms with Crippen LogP contribution >= 0.6 is 11.3 Å². The molecule has 0 unspecified atom stereocenters. The van der Waals surface area contributed by atoms with Gasteiger partial charge in [0.2, 0.25) is 4.96 Å². The van der Waals surface area contributed by atoms with Crippen LogP contribution in [0.4, 0.5) is 4.39 Å². The number of aliphatic hydroxyl groups is 2. The molecule has 3 rings (SSSR count). The highest BCUT2D eigenvalue weighted by atomic mass is 32.2. The minimum atomic E-state index is -4.20. The van der Waals surface area contributed by atoms with Crippen molar-refractivity contribution in [3.8, 4) is 17.0 Å². The Labute approximate surface area is 171 Å². The molecule has 3 N–H and O–H groups in total. The van der Waals surface area contributed by atoms with Gasteiger partial charge in [0.25, 0.3) is 0 Å². The van der Waals surface area contributed by atoms with E-state index in [2.05, 4.69) is 10.1 Å². The second-order valence-corrected chi connectivity index (χ2v) is 11.0. The van der Waals surface area contributed by atoms with Crippen molar-refractivity contribution in [1.29, 1.82) is 0 Å². The summed E-state index contributed by atoms with van der Waals surface area (Å²) in [7, 11) is -4.20. The predicted molar refractivity (Wildman–Crippen MR) is 106 cm³/mol. The van der Waals surface area contributed by atoms with E-state index in [-0.39, 0.29) is 5.56 Å². The number of rotatable bonds is 5. The maximum atomic E-state index is 14.5. The van der Waals surface area contributed by atoms with Crippen LogP contribution in [0.2, 0.25) is 0 Å². The van der Waals surface area contributed by atoms with E-state index in [1.165, 1.54) is 18.4 Å². The molecule has 0 saturated carbocycles. The van der Waals surface area contributed by atoms with Gasteiger partial charge in [-0.25, -0.2) is 22.3 Å². The highest BCUT2D eigenvalue weighted by Gasteiger charge is 2.31. The fraction of sp³-hybridized carbons (Fsp3) is 0.444. The van der Waals surface area contributed by atoms with Gasteiger partial charge in [-0.2, -0.15) is 5.10 Å².